The standard InChI is InChI=1S/C15H19N3/c1-5-12-6-8-13(9-7-12)15-17-11(3)10(2)14(16-4)18-15/h6-9H,5H2,1-4H3,(H,16,17,18). The van der Waals surface area contributed by atoms with Crippen molar-refractivity contribution in [1.82, 2.24) is 9.97 Å². The second-order valence-electron chi connectivity index (χ2n) is 4.41. The molecule has 3 nitrogen and oxygen atoms in total. The van der Waals surface area contributed by atoms with E-state index < -0.39 is 0 Å². The first-order valence-electron chi connectivity index (χ1n) is 6.28. The van der Waals surface area contributed by atoms with E-state index in [-0.39, 0.29) is 0 Å². The quantitative estimate of drug-likeness (QED) is 0.895. The molecule has 2 rings (SSSR count). The van der Waals surface area contributed by atoms with Gasteiger partial charge in [0.1, 0.15) is 5.82 Å². The van der Waals surface area contributed by atoms with Gasteiger partial charge in [-0.1, -0.05) is 31.2 Å². The first kappa shape index (κ1) is 12.6. The van der Waals surface area contributed by atoms with Gasteiger partial charge in [-0.05, 0) is 25.8 Å². The fourth-order valence-corrected chi connectivity index (χ4v) is 1.89. The molecule has 2 aromatic rings. The number of benzene rings is 1. The Labute approximate surface area is 108 Å². The molecule has 0 aliphatic carbocycles. The molecule has 94 valence electrons. The Morgan fingerprint density at radius 3 is 2.28 bits per heavy atom. The lowest BCUT2D eigenvalue weighted by Crippen LogP contribution is -2.02. The molecule has 1 aromatic heterocycles. The van der Waals surface area contributed by atoms with Crippen LogP contribution in [0.15, 0.2) is 24.3 Å². The summed E-state index contributed by atoms with van der Waals surface area (Å²) in [6, 6.07) is 8.44. The van der Waals surface area contributed by atoms with Crippen molar-refractivity contribution in [3.05, 3.63) is 41.1 Å². The molecule has 1 N–H and O–H groups in total. The van der Waals surface area contributed by atoms with E-state index in [4.69, 9.17) is 0 Å². The van der Waals surface area contributed by atoms with Gasteiger partial charge in [0.2, 0.25) is 0 Å². The monoisotopic (exact) mass is 241 g/mol. The summed E-state index contributed by atoms with van der Waals surface area (Å²) in [5.41, 5.74) is 4.51. The van der Waals surface area contributed by atoms with E-state index >= 15 is 0 Å². The molecule has 0 atom stereocenters. The Kier molecular flexibility index (Phi) is 3.60. The van der Waals surface area contributed by atoms with Gasteiger partial charge in [-0.25, -0.2) is 9.97 Å². The van der Waals surface area contributed by atoms with Crippen molar-refractivity contribution < 1.29 is 0 Å². The number of aryl methyl sites for hydroxylation is 2. The van der Waals surface area contributed by atoms with Crippen LogP contribution in [0.3, 0.4) is 0 Å². The van der Waals surface area contributed by atoms with Gasteiger partial charge >= 0.3 is 0 Å². The first-order valence-corrected chi connectivity index (χ1v) is 6.28. The van der Waals surface area contributed by atoms with Crippen molar-refractivity contribution in [2.45, 2.75) is 27.2 Å². The molecule has 0 unspecified atom stereocenters. The van der Waals surface area contributed by atoms with E-state index in [1.54, 1.807) is 0 Å². The van der Waals surface area contributed by atoms with Gasteiger partial charge in [0.15, 0.2) is 5.82 Å². The molecule has 0 spiro atoms. The maximum atomic E-state index is 4.56. The predicted molar refractivity (Wildman–Crippen MR) is 75.9 cm³/mol. The van der Waals surface area contributed by atoms with Crippen LogP contribution in [0.1, 0.15) is 23.7 Å². The highest BCUT2D eigenvalue weighted by molar-refractivity contribution is 5.59. The summed E-state index contributed by atoms with van der Waals surface area (Å²) in [6.07, 6.45) is 1.05. The number of nitrogens with one attached hydrogen (secondary N) is 1. The van der Waals surface area contributed by atoms with Crippen molar-refractivity contribution >= 4 is 5.82 Å². The molecule has 0 aliphatic rings. The zero-order chi connectivity index (χ0) is 13.1. The Bertz CT molecular complexity index is 544. The number of rotatable bonds is 3. The molecule has 0 saturated heterocycles. The van der Waals surface area contributed by atoms with Crippen LogP contribution in [-0.2, 0) is 6.42 Å². The van der Waals surface area contributed by atoms with Crippen molar-refractivity contribution in [1.29, 1.82) is 0 Å². The van der Waals surface area contributed by atoms with E-state index in [9.17, 15) is 0 Å². The summed E-state index contributed by atoms with van der Waals surface area (Å²) in [4.78, 5) is 9.11. The van der Waals surface area contributed by atoms with Gasteiger partial charge < -0.3 is 5.32 Å². The fourth-order valence-electron chi connectivity index (χ4n) is 1.89. The normalized spacial score (nSPS) is 10.4. The Hall–Kier alpha value is -1.90. The minimum absolute atomic E-state index is 0.783. The molecule has 0 amide bonds. The van der Waals surface area contributed by atoms with Crippen LogP contribution in [0.2, 0.25) is 0 Å². The summed E-state index contributed by atoms with van der Waals surface area (Å²) in [5.74, 6) is 1.68. The van der Waals surface area contributed by atoms with E-state index in [0.717, 1.165) is 34.9 Å². The maximum absolute atomic E-state index is 4.56. The third kappa shape index (κ3) is 2.35. The topological polar surface area (TPSA) is 37.8 Å². The zero-order valence-electron chi connectivity index (χ0n) is 11.4. The lowest BCUT2D eigenvalue weighted by atomic mass is 10.1. The van der Waals surface area contributed by atoms with Crippen molar-refractivity contribution in [2.24, 2.45) is 0 Å². The minimum atomic E-state index is 0.783. The molecule has 1 heterocycles. The molecule has 0 radical (unpaired) electrons. The summed E-state index contributed by atoms with van der Waals surface area (Å²) in [6.45, 7) is 6.20. The van der Waals surface area contributed by atoms with Gasteiger partial charge in [-0.3, -0.25) is 0 Å². The van der Waals surface area contributed by atoms with E-state index in [2.05, 4.69) is 46.5 Å². The molecule has 1 aromatic carbocycles. The smallest absolute Gasteiger partial charge is 0.161 e. The predicted octanol–water partition coefficient (Wildman–Crippen LogP) is 3.36. The zero-order valence-corrected chi connectivity index (χ0v) is 11.4. The van der Waals surface area contributed by atoms with Crippen LogP contribution < -0.4 is 5.32 Å². The Morgan fingerprint density at radius 1 is 1.06 bits per heavy atom. The number of hydrogen-bond donors (Lipinski definition) is 1. The van der Waals surface area contributed by atoms with Gasteiger partial charge in [0, 0.05) is 23.9 Å². The van der Waals surface area contributed by atoms with Crippen LogP contribution in [0.4, 0.5) is 5.82 Å². The van der Waals surface area contributed by atoms with Gasteiger partial charge in [0.05, 0.1) is 0 Å². The van der Waals surface area contributed by atoms with E-state index in [1.807, 2.05) is 20.9 Å². The molecule has 0 aliphatic heterocycles. The van der Waals surface area contributed by atoms with Crippen LogP contribution in [0.25, 0.3) is 11.4 Å². The molecule has 18 heavy (non-hydrogen) atoms. The fraction of sp³-hybridized carbons (Fsp3) is 0.333. The third-order valence-electron chi connectivity index (χ3n) is 3.25. The van der Waals surface area contributed by atoms with Crippen molar-refractivity contribution in [3.8, 4) is 11.4 Å². The molecular formula is C15H19N3. The summed E-state index contributed by atoms with van der Waals surface area (Å²) in [7, 11) is 1.89. The maximum Gasteiger partial charge on any atom is 0.161 e. The molecular weight excluding hydrogens is 222 g/mol. The van der Waals surface area contributed by atoms with Crippen LogP contribution >= 0.6 is 0 Å². The average molecular weight is 241 g/mol. The Morgan fingerprint density at radius 2 is 1.72 bits per heavy atom. The molecule has 3 heteroatoms. The van der Waals surface area contributed by atoms with Gasteiger partial charge in [-0.2, -0.15) is 0 Å². The molecule has 0 bridgehead atoms. The van der Waals surface area contributed by atoms with Gasteiger partial charge in [-0.15, -0.1) is 0 Å². The van der Waals surface area contributed by atoms with E-state index in [1.165, 1.54) is 5.56 Å². The average Bonchev–Trinajstić information content (AvgIpc) is 2.42. The summed E-state index contributed by atoms with van der Waals surface area (Å²) >= 11 is 0. The van der Waals surface area contributed by atoms with Crippen molar-refractivity contribution in [3.63, 3.8) is 0 Å². The molecule has 0 saturated carbocycles. The third-order valence-corrected chi connectivity index (χ3v) is 3.25. The largest absolute Gasteiger partial charge is 0.373 e. The SMILES string of the molecule is CCc1ccc(-c2nc(C)c(C)c(NC)n2)cc1. The van der Waals surface area contributed by atoms with Crippen LogP contribution in [0, 0.1) is 13.8 Å². The highest BCUT2D eigenvalue weighted by atomic mass is 15.0. The summed E-state index contributed by atoms with van der Waals surface area (Å²) in [5, 5.41) is 3.12. The van der Waals surface area contributed by atoms with Crippen LogP contribution in [0.5, 0.6) is 0 Å². The second-order valence-corrected chi connectivity index (χ2v) is 4.41. The van der Waals surface area contributed by atoms with E-state index in [0.29, 0.717) is 0 Å². The lowest BCUT2D eigenvalue weighted by Gasteiger charge is -2.10. The van der Waals surface area contributed by atoms with Crippen LogP contribution in [-0.4, -0.2) is 17.0 Å². The Balaban J connectivity index is 2.46. The number of aromatic nitrogens is 2. The van der Waals surface area contributed by atoms with Crippen molar-refractivity contribution in [2.75, 3.05) is 12.4 Å². The first-order chi connectivity index (χ1) is 8.65. The number of nitrogens with zero attached hydrogens (tertiary/aromatic N) is 2. The minimum Gasteiger partial charge on any atom is -0.373 e. The molecule has 0 fully saturated rings. The number of anilines is 1. The lowest BCUT2D eigenvalue weighted by molar-refractivity contribution is 1.07. The highest BCUT2D eigenvalue weighted by Gasteiger charge is 2.08. The number of hydrogen-bond acceptors (Lipinski definition) is 3. The highest BCUT2D eigenvalue weighted by Crippen LogP contribution is 2.21. The van der Waals surface area contributed by atoms with Gasteiger partial charge in [0.25, 0.3) is 0 Å². The summed E-state index contributed by atoms with van der Waals surface area (Å²) < 4.78 is 0. The second kappa shape index (κ2) is 5.17.